The van der Waals surface area contributed by atoms with E-state index >= 15 is 0 Å². The van der Waals surface area contributed by atoms with Crippen LogP contribution in [0.5, 0.6) is 5.75 Å². The van der Waals surface area contributed by atoms with Crippen molar-refractivity contribution in [3.05, 3.63) is 64.8 Å². The number of ether oxygens (including phenoxy) is 4. The molecule has 2 aromatic carbocycles. The van der Waals surface area contributed by atoms with E-state index in [1.165, 1.54) is 0 Å². The van der Waals surface area contributed by atoms with E-state index in [9.17, 15) is 35.1 Å². The van der Waals surface area contributed by atoms with Crippen molar-refractivity contribution in [1.29, 1.82) is 0 Å². The van der Waals surface area contributed by atoms with Crippen molar-refractivity contribution < 1.29 is 54.1 Å². The third kappa shape index (κ3) is 6.31. The molecule has 2 fully saturated rings. The summed E-state index contributed by atoms with van der Waals surface area (Å²) < 4.78 is 22.0. The smallest absolute Gasteiger partial charge is 0.340 e. The summed E-state index contributed by atoms with van der Waals surface area (Å²) in [6.07, 6.45) is -5.85. The fraction of sp³-hybridized carbons (Fsp3) is 0.484. The van der Waals surface area contributed by atoms with Gasteiger partial charge in [0.05, 0.1) is 30.9 Å². The normalized spacial score (nSPS) is 27.7. The van der Waals surface area contributed by atoms with Crippen LogP contribution in [0, 0.1) is 0 Å². The Morgan fingerprint density at radius 1 is 1.09 bits per heavy atom. The number of hydrogen-bond acceptors (Lipinski definition) is 11. The summed E-state index contributed by atoms with van der Waals surface area (Å²) in [6.45, 7) is 3.73. The summed E-state index contributed by atoms with van der Waals surface area (Å²) in [6, 6.07) is 10.5. The topological polar surface area (TPSA) is 191 Å². The van der Waals surface area contributed by atoms with Crippen molar-refractivity contribution in [2.75, 3.05) is 20.3 Å². The largest absolute Gasteiger partial charge is 0.496 e. The molecule has 3 aromatic rings. The zero-order valence-electron chi connectivity index (χ0n) is 24.5. The van der Waals surface area contributed by atoms with Crippen LogP contribution in [0.15, 0.2) is 42.6 Å². The minimum Gasteiger partial charge on any atom is -0.496 e. The number of benzene rings is 2. The Balaban J connectivity index is 1.37. The fourth-order valence-corrected chi connectivity index (χ4v) is 6.08. The van der Waals surface area contributed by atoms with Crippen LogP contribution < -0.4 is 4.74 Å². The zero-order chi connectivity index (χ0) is 31.5. The zero-order valence-corrected chi connectivity index (χ0v) is 24.5. The summed E-state index contributed by atoms with van der Waals surface area (Å²) >= 11 is 0. The molecule has 13 heteroatoms. The second kappa shape index (κ2) is 13.6. The standard InChI is InChI=1S/C31H38N2O11/c1-3-42-19-9-11-33(14-21-20-8-10-32-24(20)18(15-34)12-23(21)41-2)22(13-19)16-4-6-17(7-5-16)30(40)44-31-27(37)25(35)26(36)28(43-31)29(38)39/h4-8,10,12,19,22,25-28,31-32,34-37H,3,9,11,13-15H2,1-2H3,(H,38,39)/t19-,22-,25-,26-,27+,28-,31-/m0/s1. The fourth-order valence-electron chi connectivity index (χ4n) is 6.08. The van der Waals surface area contributed by atoms with Gasteiger partial charge in [0.25, 0.3) is 0 Å². The first-order valence-corrected chi connectivity index (χ1v) is 14.5. The molecule has 2 aliphatic rings. The lowest BCUT2D eigenvalue weighted by Crippen LogP contribution is -2.60. The lowest BCUT2D eigenvalue weighted by molar-refractivity contribution is -0.278. The molecule has 0 saturated carbocycles. The van der Waals surface area contributed by atoms with E-state index in [1.54, 1.807) is 31.4 Å². The quantitative estimate of drug-likeness (QED) is 0.181. The lowest BCUT2D eigenvalue weighted by Gasteiger charge is -2.40. The minimum atomic E-state index is -1.89. The molecule has 0 amide bonds. The molecule has 0 bridgehead atoms. The van der Waals surface area contributed by atoms with Gasteiger partial charge in [-0.3, -0.25) is 4.90 Å². The minimum absolute atomic E-state index is 0.0470. The molecule has 0 unspecified atom stereocenters. The van der Waals surface area contributed by atoms with Crippen LogP contribution in [0.2, 0.25) is 0 Å². The first-order chi connectivity index (χ1) is 21.2. The molecule has 44 heavy (non-hydrogen) atoms. The van der Waals surface area contributed by atoms with Gasteiger partial charge in [-0.15, -0.1) is 0 Å². The Morgan fingerprint density at radius 2 is 1.84 bits per heavy atom. The van der Waals surface area contributed by atoms with Crippen LogP contribution in [0.1, 0.15) is 52.9 Å². The molecule has 1 aromatic heterocycles. The Morgan fingerprint density at radius 3 is 2.50 bits per heavy atom. The summed E-state index contributed by atoms with van der Waals surface area (Å²) in [7, 11) is 1.61. The number of aliphatic hydroxyl groups is 4. The van der Waals surface area contributed by atoms with Gasteiger partial charge >= 0.3 is 11.9 Å². The van der Waals surface area contributed by atoms with Crippen molar-refractivity contribution in [1.82, 2.24) is 9.88 Å². The Bertz CT molecular complexity index is 1460. The van der Waals surface area contributed by atoms with Crippen molar-refractivity contribution in [3.63, 3.8) is 0 Å². The number of esters is 1. The van der Waals surface area contributed by atoms with E-state index in [4.69, 9.17) is 18.9 Å². The number of fused-ring (bicyclic) bond motifs is 1. The van der Waals surface area contributed by atoms with Gasteiger partial charge in [0.1, 0.15) is 24.1 Å². The second-order valence-corrected chi connectivity index (χ2v) is 11.0. The predicted molar refractivity (Wildman–Crippen MR) is 155 cm³/mol. The van der Waals surface area contributed by atoms with Gasteiger partial charge < -0.3 is 49.5 Å². The summed E-state index contributed by atoms with van der Waals surface area (Å²) in [5, 5.41) is 50.2. The van der Waals surface area contributed by atoms with Crippen LogP contribution in [0.3, 0.4) is 0 Å². The number of aromatic amines is 1. The number of rotatable bonds is 10. The molecule has 2 aliphatic heterocycles. The number of carboxylic acids is 1. The third-order valence-electron chi connectivity index (χ3n) is 8.38. The van der Waals surface area contributed by atoms with E-state index in [1.807, 2.05) is 25.3 Å². The number of methoxy groups -OCH3 is 1. The van der Waals surface area contributed by atoms with E-state index in [-0.39, 0.29) is 24.3 Å². The highest BCUT2D eigenvalue weighted by Gasteiger charge is 2.48. The number of carbonyl (C=O) groups is 2. The maximum absolute atomic E-state index is 12.9. The van der Waals surface area contributed by atoms with Gasteiger partial charge in [-0.25, -0.2) is 9.59 Å². The number of nitrogens with one attached hydrogen (secondary N) is 1. The number of nitrogens with zero attached hydrogens (tertiary/aromatic N) is 1. The SMILES string of the molecule is CCO[C@H]1CCN(Cc2c(OC)cc(CO)c3[nH]ccc23)[C@H](c2ccc(C(=O)O[C@@H]3O[C@H](C(=O)O)[C@@H](O)[C@H](O)[C@H]3O)cc2)C1. The third-order valence-corrected chi connectivity index (χ3v) is 8.38. The van der Waals surface area contributed by atoms with E-state index in [0.717, 1.165) is 40.6 Å². The highest BCUT2D eigenvalue weighted by atomic mass is 16.7. The molecule has 238 valence electrons. The van der Waals surface area contributed by atoms with E-state index < -0.39 is 42.6 Å². The molecule has 2 saturated heterocycles. The molecule has 7 atom stereocenters. The van der Waals surface area contributed by atoms with Gasteiger partial charge in [-0.2, -0.15) is 0 Å². The van der Waals surface area contributed by atoms with Gasteiger partial charge in [-0.05, 0) is 49.6 Å². The maximum atomic E-state index is 12.9. The molecule has 6 N–H and O–H groups in total. The molecule has 5 rings (SSSR count). The van der Waals surface area contributed by atoms with Gasteiger partial charge in [-0.1, -0.05) is 12.1 Å². The Labute approximate surface area is 253 Å². The highest BCUT2D eigenvalue weighted by Crippen LogP contribution is 2.38. The van der Waals surface area contributed by atoms with Gasteiger partial charge in [0.2, 0.25) is 6.29 Å². The number of aromatic nitrogens is 1. The van der Waals surface area contributed by atoms with Crippen LogP contribution >= 0.6 is 0 Å². The number of H-pyrrole nitrogens is 1. The number of aliphatic carboxylic acids is 1. The van der Waals surface area contributed by atoms with Crippen molar-refractivity contribution in [2.24, 2.45) is 0 Å². The first-order valence-electron chi connectivity index (χ1n) is 14.5. The Kier molecular flexibility index (Phi) is 9.85. The summed E-state index contributed by atoms with van der Waals surface area (Å²) in [4.78, 5) is 29.8. The predicted octanol–water partition coefficient (Wildman–Crippen LogP) is 1.46. The number of piperidine rings is 1. The van der Waals surface area contributed by atoms with Crippen LogP contribution in [-0.4, -0.2) is 104 Å². The van der Waals surface area contributed by atoms with Crippen molar-refractivity contribution >= 4 is 22.8 Å². The molecule has 0 aliphatic carbocycles. The average Bonchev–Trinajstić information content (AvgIpc) is 3.52. The molecule has 13 nitrogen and oxygen atoms in total. The first kappa shape index (κ1) is 31.9. The lowest BCUT2D eigenvalue weighted by atomic mass is 9.91. The molecule has 3 heterocycles. The number of aliphatic hydroxyl groups excluding tert-OH is 4. The van der Waals surface area contributed by atoms with Gasteiger partial charge in [0, 0.05) is 48.4 Å². The van der Waals surface area contributed by atoms with Crippen molar-refractivity contribution in [3.8, 4) is 5.75 Å². The second-order valence-electron chi connectivity index (χ2n) is 11.0. The highest BCUT2D eigenvalue weighted by molar-refractivity contribution is 5.90. The number of carboxylic acid groups (broad SMARTS) is 1. The van der Waals surface area contributed by atoms with E-state index in [2.05, 4.69) is 9.88 Å². The summed E-state index contributed by atoms with van der Waals surface area (Å²) in [5.41, 5.74) is 3.64. The number of carbonyl (C=O) groups excluding carboxylic acids is 1. The van der Waals surface area contributed by atoms with Crippen LogP contribution in [0.25, 0.3) is 10.9 Å². The number of likely N-dealkylation sites (tertiary alicyclic amines) is 1. The number of hydrogen-bond donors (Lipinski definition) is 6. The monoisotopic (exact) mass is 614 g/mol. The van der Waals surface area contributed by atoms with Gasteiger partial charge in [0.15, 0.2) is 6.10 Å². The summed E-state index contributed by atoms with van der Waals surface area (Å²) in [5.74, 6) is -1.79. The van der Waals surface area contributed by atoms with E-state index in [0.29, 0.717) is 25.3 Å². The van der Waals surface area contributed by atoms with Crippen molar-refractivity contribution in [2.45, 2.75) is 75.8 Å². The molecule has 0 radical (unpaired) electrons. The molecular weight excluding hydrogens is 576 g/mol. The maximum Gasteiger partial charge on any atom is 0.340 e. The molecular formula is C31H38N2O11. The average molecular weight is 615 g/mol. The Hall–Kier alpha value is -3.56. The van der Waals surface area contributed by atoms with Crippen LogP contribution in [0.4, 0.5) is 0 Å². The van der Waals surface area contributed by atoms with Crippen LogP contribution in [-0.2, 0) is 32.2 Å². The molecule has 0 spiro atoms.